The number of hydrogen-bond acceptors (Lipinski definition) is 8. The Morgan fingerprint density at radius 3 is 2.59 bits per heavy atom. The lowest BCUT2D eigenvalue weighted by Gasteiger charge is -2.25. The van der Waals surface area contributed by atoms with Crippen LogP contribution >= 0.6 is 11.9 Å². The first-order chi connectivity index (χ1) is 15.6. The fraction of sp³-hybridized carbons (Fsp3) is 0.333. The van der Waals surface area contributed by atoms with Gasteiger partial charge in [-0.1, -0.05) is 11.6 Å². The highest BCUT2D eigenvalue weighted by Crippen LogP contribution is 2.35. The molecule has 2 aromatic carbocycles. The van der Waals surface area contributed by atoms with Crippen molar-refractivity contribution in [3.63, 3.8) is 0 Å². The molecular weight excluding hydrogens is 426 g/mol. The summed E-state index contributed by atoms with van der Waals surface area (Å²) in [6.07, 6.45) is 3.79. The molecule has 0 unspecified atom stereocenters. The number of carbonyl (C=O) groups is 1. The molecule has 7 nitrogen and oxygen atoms in total. The van der Waals surface area contributed by atoms with Crippen molar-refractivity contribution in [2.24, 2.45) is 0 Å². The van der Waals surface area contributed by atoms with Gasteiger partial charge in [-0.15, -0.1) is 0 Å². The Morgan fingerprint density at radius 1 is 1.12 bits per heavy atom. The summed E-state index contributed by atoms with van der Waals surface area (Å²) in [4.78, 5) is 12.8. The van der Waals surface area contributed by atoms with Crippen molar-refractivity contribution in [3.05, 3.63) is 65.5 Å². The fourth-order valence-corrected chi connectivity index (χ4v) is 4.53. The van der Waals surface area contributed by atoms with Crippen LogP contribution in [0, 0.1) is 6.92 Å². The summed E-state index contributed by atoms with van der Waals surface area (Å²) in [5.41, 5.74) is 2.17. The molecule has 0 spiro atoms. The molecule has 4 rings (SSSR count). The minimum atomic E-state index is -0.374. The van der Waals surface area contributed by atoms with Crippen LogP contribution in [0.2, 0.25) is 0 Å². The van der Waals surface area contributed by atoms with Gasteiger partial charge in [0.05, 0.1) is 24.9 Å². The van der Waals surface area contributed by atoms with E-state index in [9.17, 15) is 4.79 Å². The number of nitrogens with one attached hydrogen (secondary N) is 1. The van der Waals surface area contributed by atoms with Crippen LogP contribution < -0.4 is 10.1 Å². The summed E-state index contributed by atoms with van der Waals surface area (Å²) in [5, 5.41) is 7.49. The molecule has 2 heterocycles. The maximum absolute atomic E-state index is 11.7. The standard InChI is InChI=1S/C24H27N3O4S/c1-17-14-19(26-31-17)16-25-22-15-21(32-27-12-4-3-5-13-27)10-11-23(22)30-20-8-6-18(7-9-20)24(28)29-2/h6-11,14-15,25H,3-5,12-13,16H2,1-2H3. The normalized spacial score (nSPS) is 14.2. The van der Waals surface area contributed by atoms with Gasteiger partial charge in [0.1, 0.15) is 17.2 Å². The van der Waals surface area contributed by atoms with Crippen LogP contribution in [0.25, 0.3) is 0 Å². The Morgan fingerprint density at radius 2 is 1.91 bits per heavy atom. The van der Waals surface area contributed by atoms with E-state index in [1.54, 1.807) is 36.2 Å². The first-order valence-electron chi connectivity index (χ1n) is 10.7. The number of benzene rings is 2. The van der Waals surface area contributed by atoms with Gasteiger partial charge < -0.3 is 19.3 Å². The SMILES string of the molecule is COC(=O)c1ccc(Oc2ccc(SN3CCCCC3)cc2NCc2cc(C)on2)cc1. The Labute approximate surface area is 192 Å². The van der Waals surface area contributed by atoms with Gasteiger partial charge in [0.25, 0.3) is 0 Å². The molecule has 1 N–H and O–H groups in total. The number of carbonyl (C=O) groups excluding carboxylic acids is 1. The molecular formula is C24H27N3O4S. The number of methoxy groups -OCH3 is 1. The molecule has 0 saturated carbocycles. The monoisotopic (exact) mass is 453 g/mol. The molecule has 0 radical (unpaired) electrons. The molecule has 0 aliphatic carbocycles. The number of esters is 1. The smallest absolute Gasteiger partial charge is 0.337 e. The Hall–Kier alpha value is -2.97. The molecule has 1 fully saturated rings. The third-order valence-electron chi connectivity index (χ3n) is 5.14. The largest absolute Gasteiger partial charge is 0.465 e. The highest BCUT2D eigenvalue weighted by Gasteiger charge is 2.14. The first kappa shape index (κ1) is 22.2. The second-order valence-electron chi connectivity index (χ2n) is 7.64. The zero-order chi connectivity index (χ0) is 22.3. The summed E-state index contributed by atoms with van der Waals surface area (Å²) in [7, 11) is 1.37. The van der Waals surface area contributed by atoms with Gasteiger partial charge >= 0.3 is 5.97 Å². The lowest BCUT2D eigenvalue weighted by molar-refractivity contribution is 0.0600. The van der Waals surface area contributed by atoms with Gasteiger partial charge in [0.2, 0.25) is 0 Å². The van der Waals surface area contributed by atoms with E-state index in [2.05, 4.69) is 26.9 Å². The second-order valence-corrected chi connectivity index (χ2v) is 8.81. The summed E-state index contributed by atoms with van der Waals surface area (Å²) in [6, 6.07) is 14.9. The topological polar surface area (TPSA) is 76.8 Å². The van der Waals surface area contributed by atoms with Gasteiger partial charge in [0.15, 0.2) is 5.75 Å². The quantitative estimate of drug-likeness (QED) is 0.345. The molecule has 3 aromatic rings. The van der Waals surface area contributed by atoms with E-state index < -0.39 is 0 Å². The lowest BCUT2D eigenvalue weighted by atomic mass is 10.2. The summed E-state index contributed by atoms with van der Waals surface area (Å²) in [5.74, 6) is 1.73. The predicted molar refractivity (Wildman–Crippen MR) is 124 cm³/mol. The van der Waals surface area contributed by atoms with E-state index >= 15 is 0 Å². The van der Waals surface area contributed by atoms with Gasteiger partial charge in [-0.3, -0.25) is 0 Å². The third kappa shape index (κ3) is 5.83. The van der Waals surface area contributed by atoms with Crippen LogP contribution in [0.4, 0.5) is 5.69 Å². The fourth-order valence-electron chi connectivity index (χ4n) is 3.49. The van der Waals surface area contributed by atoms with Gasteiger partial charge in [0, 0.05) is 24.1 Å². The zero-order valence-electron chi connectivity index (χ0n) is 18.3. The number of hydrogen-bond donors (Lipinski definition) is 1. The molecule has 0 amide bonds. The number of rotatable bonds is 8. The number of piperidine rings is 1. The van der Waals surface area contributed by atoms with Gasteiger partial charge in [-0.05, 0) is 74.2 Å². The zero-order valence-corrected chi connectivity index (χ0v) is 19.1. The van der Waals surface area contributed by atoms with Crippen LogP contribution in [0.1, 0.15) is 41.1 Å². The highest BCUT2D eigenvalue weighted by atomic mass is 32.2. The Bertz CT molecular complexity index is 1050. The van der Waals surface area contributed by atoms with Crippen molar-refractivity contribution >= 4 is 23.6 Å². The van der Waals surface area contributed by atoms with Crippen LogP contribution in [0.15, 0.2) is 57.9 Å². The second kappa shape index (κ2) is 10.6. The highest BCUT2D eigenvalue weighted by molar-refractivity contribution is 7.97. The average molecular weight is 454 g/mol. The van der Waals surface area contributed by atoms with Crippen LogP contribution in [-0.4, -0.2) is 35.6 Å². The molecule has 32 heavy (non-hydrogen) atoms. The number of anilines is 1. The van der Waals surface area contributed by atoms with E-state index in [0.717, 1.165) is 35.1 Å². The molecule has 1 aliphatic rings. The van der Waals surface area contributed by atoms with Crippen molar-refractivity contribution in [2.75, 3.05) is 25.5 Å². The maximum atomic E-state index is 11.7. The van der Waals surface area contributed by atoms with Crippen molar-refractivity contribution in [2.45, 2.75) is 37.6 Å². The van der Waals surface area contributed by atoms with E-state index in [1.807, 2.05) is 19.1 Å². The number of nitrogens with zero attached hydrogens (tertiary/aromatic N) is 2. The van der Waals surface area contributed by atoms with Crippen LogP contribution in [0.3, 0.4) is 0 Å². The van der Waals surface area contributed by atoms with Crippen molar-refractivity contribution in [3.8, 4) is 11.5 Å². The molecule has 1 aliphatic heterocycles. The number of aromatic nitrogens is 1. The lowest BCUT2D eigenvalue weighted by Crippen LogP contribution is -2.22. The van der Waals surface area contributed by atoms with Crippen molar-refractivity contribution < 1.29 is 18.8 Å². The Balaban J connectivity index is 1.52. The Kier molecular flexibility index (Phi) is 7.34. The predicted octanol–water partition coefficient (Wildman–Crippen LogP) is 5.67. The van der Waals surface area contributed by atoms with E-state index in [1.165, 1.54) is 26.4 Å². The summed E-state index contributed by atoms with van der Waals surface area (Å²) in [6.45, 7) is 4.61. The maximum Gasteiger partial charge on any atom is 0.337 e. The molecule has 168 valence electrons. The van der Waals surface area contributed by atoms with Gasteiger partial charge in [-0.25, -0.2) is 9.10 Å². The number of ether oxygens (including phenoxy) is 2. The molecule has 0 bridgehead atoms. The summed E-state index contributed by atoms with van der Waals surface area (Å²) < 4.78 is 18.5. The van der Waals surface area contributed by atoms with E-state index in [0.29, 0.717) is 23.6 Å². The van der Waals surface area contributed by atoms with Crippen LogP contribution in [-0.2, 0) is 11.3 Å². The van der Waals surface area contributed by atoms with Crippen LogP contribution in [0.5, 0.6) is 11.5 Å². The minimum Gasteiger partial charge on any atom is -0.465 e. The van der Waals surface area contributed by atoms with Crippen molar-refractivity contribution in [1.29, 1.82) is 0 Å². The molecule has 0 atom stereocenters. The van der Waals surface area contributed by atoms with Crippen molar-refractivity contribution in [1.82, 2.24) is 9.46 Å². The average Bonchev–Trinajstić information content (AvgIpc) is 3.24. The number of aryl methyl sites for hydroxylation is 1. The molecule has 1 saturated heterocycles. The minimum absolute atomic E-state index is 0.374. The van der Waals surface area contributed by atoms with Gasteiger partial charge in [-0.2, -0.15) is 0 Å². The summed E-state index contributed by atoms with van der Waals surface area (Å²) >= 11 is 1.78. The molecule has 1 aromatic heterocycles. The van der Waals surface area contributed by atoms with E-state index in [-0.39, 0.29) is 5.97 Å². The van der Waals surface area contributed by atoms with E-state index in [4.69, 9.17) is 14.0 Å². The third-order valence-corrected chi connectivity index (χ3v) is 6.23. The molecule has 8 heteroatoms. The first-order valence-corrected chi connectivity index (χ1v) is 11.5.